The lowest BCUT2D eigenvalue weighted by atomic mass is 10.2. The number of methoxy groups -OCH3 is 1. The summed E-state index contributed by atoms with van der Waals surface area (Å²) < 4.78 is 16.3. The van der Waals surface area contributed by atoms with Crippen molar-refractivity contribution in [3.05, 3.63) is 48.0 Å². The van der Waals surface area contributed by atoms with Crippen LogP contribution in [0.1, 0.15) is 25.3 Å². The first-order valence-electron chi connectivity index (χ1n) is 10.5. The quantitative estimate of drug-likeness (QED) is 0.286. The number of ether oxygens (including phenoxy) is 3. The minimum Gasteiger partial charge on any atom is -0.497 e. The number of benzene rings is 2. The molecule has 0 spiro atoms. The van der Waals surface area contributed by atoms with Gasteiger partial charge in [-0.2, -0.15) is 5.10 Å². The van der Waals surface area contributed by atoms with E-state index in [-0.39, 0.29) is 18.6 Å². The second kappa shape index (κ2) is 11.5. The number of amides is 3. The summed E-state index contributed by atoms with van der Waals surface area (Å²) in [5.74, 6) is -0.383. The number of nitrogens with zero attached hydrogens (tertiary/aromatic N) is 1. The summed E-state index contributed by atoms with van der Waals surface area (Å²) in [5.41, 5.74) is 3.41. The third kappa shape index (κ3) is 7.53. The Morgan fingerprint density at radius 1 is 1.03 bits per heavy atom. The van der Waals surface area contributed by atoms with Crippen molar-refractivity contribution in [1.29, 1.82) is 0 Å². The Labute approximate surface area is 191 Å². The first-order valence-corrected chi connectivity index (χ1v) is 10.5. The maximum Gasteiger partial charge on any atom is 0.329 e. The number of nitrogens with one attached hydrogen (secondary N) is 3. The van der Waals surface area contributed by atoms with Gasteiger partial charge in [0.1, 0.15) is 5.75 Å². The van der Waals surface area contributed by atoms with Crippen LogP contribution in [0.4, 0.5) is 5.69 Å². The molecule has 10 heteroatoms. The van der Waals surface area contributed by atoms with E-state index < -0.39 is 11.8 Å². The Morgan fingerprint density at radius 2 is 1.79 bits per heavy atom. The number of hydrazone groups is 1. The SMILES string of the molecule is CCOc1cc(/C=N\NC(=O)C(=O)NC2CC2)ccc1OCC(=O)Nc1ccc(OC)cc1. The number of hydrogen-bond donors (Lipinski definition) is 3. The molecule has 0 aromatic heterocycles. The summed E-state index contributed by atoms with van der Waals surface area (Å²) in [7, 11) is 1.57. The molecule has 10 nitrogen and oxygen atoms in total. The zero-order valence-corrected chi connectivity index (χ0v) is 18.4. The van der Waals surface area contributed by atoms with Crippen LogP contribution in [-0.4, -0.2) is 50.3 Å². The number of hydrogen-bond acceptors (Lipinski definition) is 7. The zero-order valence-electron chi connectivity index (χ0n) is 18.4. The molecular weight excluding hydrogens is 428 g/mol. The topological polar surface area (TPSA) is 127 Å². The standard InChI is InChI=1S/C23H26N4O6/c1-3-32-20-12-15(13-24-27-23(30)22(29)26-17-5-6-17)4-11-19(20)33-14-21(28)25-16-7-9-18(31-2)10-8-16/h4,7-13,17H,3,5-6,14H2,1-2H3,(H,25,28)(H,26,29)(H,27,30)/b24-13-. The first kappa shape index (κ1) is 23.6. The highest BCUT2D eigenvalue weighted by Gasteiger charge is 2.26. The molecule has 0 aliphatic heterocycles. The van der Waals surface area contributed by atoms with Crippen molar-refractivity contribution in [2.45, 2.75) is 25.8 Å². The highest BCUT2D eigenvalue weighted by Crippen LogP contribution is 2.28. The van der Waals surface area contributed by atoms with Gasteiger partial charge in [0.2, 0.25) is 0 Å². The van der Waals surface area contributed by atoms with Gasteiger partial charge in [-0.05, 0) is 67.8 Å². The highest BCUT2D eigenvalue weighted by molar-refractivity contribution is 6.35. The minimum atomic E-state index is -0.828. The molecule has 174 valence electrons. The van der Waals surface area contributed by atoms with Gasteiger partial charge in [-0.1, -0.05) is 0 Å². The van der Waals surface area contributed by atoms with Crippen LogP contribution < -0.4 is 30.3 Å². The first-order chi connectivity index (χ1) is 16.0. The molecule has 3 amide bonds. The molecule has 0 bridgehead atoms. The fourth-order valence-electron chi connectivity index (χ4n) is 2.70. The van der Waals surface area contributed by atoms with Gasteiger partial charge in [-0.3, -0.25) is 14.4 Å². The van der Waals surface area contributed by atoms with E-state index in [4.69, 9.17) is 14.2 Å². The Bertz CT molecular complexity index is 1020. The summed E-state index contributed by atoms with van der Waals surface area (Å²) in [4.78, 5) is 35.5. The zero-order chi connectivity index (χ0) is 23.6. The molecule has 3 rings (SSSR count). The molecule has 3 N–H and O–H groups in total. The highest BCUT2D eigenvalue weighted by atomic mass is 16.5. The maximum atomic E-state index is 12.2. The third-order valence-corrected chi connectivity index (χ3v) is 4.50. The number of carbonyl (C=O) groups excluding carboxylic acids is 3. The van der Waals surface area contributed by atoms with Crippen LogP contribution in [0.25, 0.3) is 0 Å². The largest absolute Gasteiger partial charge is 0.497 e. The van der Waals surface area contributed by atoms with Gasteiger partial charge in [-0.15, -0.1) is 0 Å². The Balaban J connectivity index is 1.54. The lowest BCUT2D eigenvalue weighted by Gasteiger charge is -2.13. The van der Waals surface area contributed by atoms with E-state index >= 15 is 0 Å². The molecule has 1 aliphatic rings. The van der Waals surface area contributed by atoms with Crippen molar-refractivity contribution in [3.8, 4) is 17.2 Å². The normalized spacial score (nSPS) is 12.7. The average Bonchev–Trinajstić information content (AvgIpc) is 3.63. The Kier molecular flexibility index (Phi) is 8.23. The van der Waals surface area contributed by atoms with Gasteiger partial charge < -0.3 is 24.8 Å². The van der Waals surface area contributed by atoms with Gasteiger partial charge in [0, 0.05) is 11.7 Å². The predicted octanol–water partition coefficient (Wildman–Crippen LogP) is 1.84. The summed E-state index contributed by atoms with van der Waals surface area (Å²) in [5, 5.41) is 9.11. The van der Waals surface area contributed by atoms with Crippen molar-refractivity contribution in [1.82, 2.24) is 10.7 Å². The molecule has 33 heavy (non-hydrogen) atoms. The summed E-state index contributed by atoms with van der Waals surface area (Å²) in [6.45, 7) is 1.98. The molecule has 0 radical (unpaired) electrons. The molecule has 0 unspecified atom stereocenters. The monoisotopic (exact) mass is 454 g/mol. The molecule has 1 aliphatic carbocycles. The van der Waals surface area contributed by atoms with Gasteiger partial charge in [-0.25, -0.2) is 5.43 Å². The number of rotatable bonds is 10. The number of carbonyl (C=O) groups is 3. The van der Waals surface area contributed by atoms with Crippen molar-refractivity contribution in [2.75, 3.05) is 25.6 Å². The van der Waals surface area contributed by atoms with E-state index in [1.54, 1.807) is 49.6 Å². The van der Waals surface area contributed by atoms with E-state index in [2.05, 4.69) is 21.2 Å². The third-order valence-electron chi connectivity index (χ3n) is 4.50. The Hall–Kier alpha value is -4.08. The smallest absolute Gasteiger partial charge is 0.329 e. The second-order valence-electron chi connectivity index (χ2n) is 7.15. The van der Waals surface area contributed by atoms with Crippen LogP contribution >= 0.6 is 0 Å². The van der Waals surface area contributed by atoms with Gasteiger partial charge in [0.15, 0.2) is 18.1 Å². The van der Waals surface area contributed by atoms with Crippen molar-refractivity contribution >= 4 is 29.6 Å². The predicted molar refractivity (Wildman–Crippen MR) is 122 cm³/mol. The average molecular weight is 454 g/mol. The molecule has 0 saturated heterocycles. The molecule has 2 aromatic carbocycles. The molecule has 0 atom stereocenters. The van der Waals surface area contributed by atoms with E-state index in [0.717, 1.165) is 12.8 Å². The second-order valence-corrected chi connectivity index (χ2v) is 7.15. The van der Waals surface area contributed by atoms with E-state index in [9.17, 15) is 14.4 Å². The van der Waals surface area contributed by atoms with Crippen molar-refractivity contribution in [2.24, 2.45) is 5.10 Å². The summed E-state index contributed by atoms with van der Waals surface area (Å²) in [6.07, 6.45) is 3.16. The van der Waals surface area contributed by atoms with Crippen LogP contribution in [0.15, 0.2) is 47.6 Å². The van der Waals surface area contributed by atoms with Crippen molar-refractivity contribution < 1.29 is 28.6 Å². The fourth-order valence-corrected chi connectivity index (χ4v) is 2.70. The molecule has 1 saturated carbocycles. The van der Waals surface area contributed by atoms with Gasteiger partial charge in [0.05, 0.1) is 19.9 Å². The van der Waals surface area contributed by atoms with Crippen LogP contribution in [0.3, 0.4) is 0 Å². The maximum absolute atomic E-state index is 12.2. The molecule has 0 heterocycles. The fraction of sp³-hybridized carbons (Fsp3) is 0.304. The summed E-state index contributed by atoms with van der Waals surface area (Å²) in [6, 6.07) is 12.0. The van der Waals surface area contributed by atoms with E-state index in [1.165, 1.54) is 6.21 Å². The van der Waals surface area contributed by atoms with Crippen LogP contribution in [0.2, 0.25) is 0 Å². The number of anilines is 1. The summed E-state index contributed by atoms with van der Waals surface area (Å²) >= 11 is 0. The Morgan fingerprint density at radius 3 is 2.45 bits per heavy atom. The lowest BCUT2D eigenvalue weighted by Crippen LogP contribution is -2.38. The van der Waals surface area contributed by atoms with Gasteiger partial charge >= 0.3 is 11.8 Å². The van der Waals surface area contributed by atoms with Crippen LogP contribution in [0, 0.1) is 0 Å². The van der Waals surface area contributed by atoms with Gasteiger partial charge in [0.25, 0.3) is 5.91 Å². The molecule has 2 aromatic rings. The van der Waals surface area contributed by atoms with E-state index in [1.807, 2.05) is 6.92 Å². The minimum absolute atomic E-state index is 0.0896. The lowest BCUT2D eigenvalue weighted by molar-refractivity contribution is -0.139. The molecule has 1 fully saturated rings. The van der Waals surface area contributed by atoms with E-state index in [0.29, 0.717) is 35.1 Å². The molecular formula is C23H26N4O6. The van der Waals surface area contributed by atoms with Crippen LogP contribution in [0.5, 0.6) is 17.2 Å². The van der Waals surface area contributed by atoms with Crippen molar-refractivity contribution in [3.63, 3.8) is 0 Å². The van der Waals surface area contributed by atoms with Crippen LogP contribution in [-0.2, 0) is 14.4 Å².